The van der Waals surface area contributed by atoms with E-state index >= 15 is 0 Å². The van der Waals surface area contributed by atoms with Gasteiger partial charge in [0.05, 0.1) is 19.8 Å². The van der Waals surface area contributed by atoms with Crippen LogP contribution in [-0.4, -0.2) is 58.5 Å². The molecule has 3 rings (SSSR count). The monoisotopic (exact) mass is 360 g/mol. The Morgan fingerprint density at radius 2 is 2.15 bits per heavy atom. The van der Waals surface area contributed by atoms with Gasteiger partial charge < -0.3 is 24.4 Å². The Hall–Kier alpha value is -2.05. The summed E-state index contributed by atoms with van der Waals surface area (Å²) < 4.78 is 7.16. The molecule has 2 N–H and O–H groups in total. The maximum atomic E-state index is 13.2. The van der Waals surface area contributed by atoms with Crippen LogP contribution >= 0.6 is 0 Å². The fraction of sp³-hybridized carbons (Fsp3) is 0.550. The van der Waals surface area contributed by atoms with E-state index in [9.17, 15) is 15.0 Å². The summed E-state index contributed by atoms with van der Waals surface area (Å²) in [5, 5.41) is 21.3. The zero-order valence-electron chi connectivity index (χ0n) is 15.7. The van der Waals surface area contributed by atoms with Crippen LogP contribution in [0.1, 0.15) is 36.7 Å². The third-order valence-electron chi connectivity index (χ3n) is 5.70. The number of fused-ring (bicyclic) bond motifs is 1. The van der Waals surface area contributed by atoms with Gasteiger partial charge in [-0.25, -0.2) is 0 Å². The Balaban J connectivity index is 1.91. The van der Waals surface area contributed by atoms with E-state index in [2.05, 4.69) is 0 Å². The molecule has 1 aliphatic heterocycles. The predicted octanol–water partition coefficient (Wildman–Crippen LogP) is 2.17. The Labute approximate surface area is 154 Å². The number of aliphatic hydroxyl groups excluding tert-OH is 2. The molecule has 1 amide bonds. The molecule has 0 aliphatic carbocycles. The van der Waals surface area contributed by atoms with Crippen molar-refractivity contribution in [3.63, 3.8) is 0 Å². The van der Waals surface area contributed by atoms with Gasteiger partial charge in [0, 0.05) is 36.5 Å². The van der Waals surface area contributed by atoms with E-state index in [0.717, 1.165) is 23.1 Å². The second-order valence-corrected chi connectivity index (χ2v) is 7.32. The number of nitrogens with zero attached hydrogens (tertiary/aromatic N) is 2. The number of ether oxygens (including phenoxy) is 1. The molecule has 0 saturated carbocycles. The topological polar surface area (TPSA) is 74.9 Å². The third-order valence-corrected chi connectivity index (χ3v) is 5.70. The maximum absolute atomic E-state index is 13.2. The quantitative estimate of drug-likeness (QED) is 0.857. The highest BCUT2D eigenvalue weighted by Gasteiger charge is 2.43. The second kappa shape index (κ2) is 7.29. The largest absolute Gasteiger partial charge is 0.497 e. The number of hydrogen-bond acceptors (Lipinski definition) is 4. The molecule has 1 aliphatic rings. The highest BCUT2D eigenvalue weighted by molar-refractivity contribution is 5.99. The zero-order valence-corrected chi connectivity index (χ0v) is 15.7. The van der Waals surface area contributed by atoms with E-state index in [1.165, 1.54) is 0 Å². The summed E-state index contributed by atoms with van der Waals surface area (Å²) in [6.07, 6.45) is 1.46. The smallest absolute Gasteiger partial charge is 0.270 e. The van der Waals surface area contributed by atoms with Crippen molar-refractivity contribution in [2.24, 2.45) is 12.5 Å². The van der Waals surface area contributed by atoms with Gasteiger partial charge in [-0.3, -0.25) is 4.79 Å². The minimum atomic E-state index is -0.629. The van der Waals surface area contributed by atoms with Gasteiger partial charge >= 0.3 is 0 Å². The Morgan fingerprint density at radius 1 is 1.38 bits per heavy atom. The van der Waals surface area contributed by atoms with Gasteiger partial charge in [-0.05, 0) is 37.1 Å². The summed E-state index contributed by atoms with van der Waals surface area (Å²) in [5.74, 6) is 0.689. The van der Waals surface area contributed by atoms with Crippen molar-refractivity contribution >= 4 is 16.8 Å². The molecule has 2 aromatic rings. The van der Waals surface area contributed by atoms with Gasteiger partial charge in [0.25, 0.3) is 5.91 Å². The number of aryl methyl sites for hydroxylation is 1. The number of piperidine rings is 1. The fourth-order valence-corrected chi connectivity index (χ4v) is 4.12. The first-order valence-electron chi connectivity index (χ1n) is 9.17. The molecule has 26 heavy (non-hydrogen) atoms. The minimum Gasteiger partial charge on any atom is -0.497 e. The molecule has 1 fully saturated rings. The molecule has 1 aromatic carbocycles. The van der Waals surface area contributed by atoms with Crippen molar-refractivity contribution < 1.29 is 19.7 Å². The van der Waals surface area contributed by atoms with Gasteiger partial charge in [-0.1, -0.05) is 13.3 Å². The molecular formula is C20H28N2O4. The Morgan fingerprint density at radius 3 is 2.81 bits per heavy atom. The molecule has 142 valence electrons. The number of aromatic nitrogens is 1. The van der Waals surface area contributed by atoms with Crippen LogP contribution in [0.3, 0.4) is 0 Å². The highest BCUT2D eigenvalue weighted by atomic mass is 16.5. The van der Waals surface area contributed by atoms with Crippen LogP contribution in [0.5, 0.6) is 5.75 Å². The van der Waals surface area contributed by atoms with E-state index < -0.39 is 11.5 Å². The van der Waals surface area contributed by atoms with Crippen molar-refractivity contribution in [3.05, 3.63) is 30.0 Å². The van der Waals surface area contributed by atoms with Crippen LogP contribution in [0.15, 0.2) is 24.3 Å². The normalized spacial score (nSPS) is 23.4. The Bertz CT molecular complexity index is 800. The third kappa shape index (κ3) is 3.08. The van der Waals surface area contributed by atoms with E-state index in [0.29, 0.717) is 31.6 Å². The molecule has 0 spiro atoms. The molecule has 0 bridgehead atoms. The molecule has 0 unspecified atom stereocenters. The maximum Gasteiger partial charge on any atom is 0.270 e. The van der Waals surface area contributed by atoms with Crippen LogP contribution in [0.4, 0.5) is 0 Å². The van der Waals surface area contributed by atoms with E-state index in [1.807, 2.05) is 42.8 Å². The van der Waals surface area contributed by atoms with E-state index in [1.54, 1.807) is 12.0 Å². The average Bonchev–Trinajstić information content (AvgIpc) is 2.99. The molecule has 1 saturated heterocycles. The lowest BCUT2D eigenvalue weighted by molar-refractivity contribution is -0.0721. The van der Waals surface area contributed by atoms with Crippen LogP contribution in [0.2, 0.25) is 0 Å². The van der Waals surface area contributed by atoms with E-state index in [-0.39, 0.29) is 12.5 Å². The summed E-state index contributed by atoms with van der Waals surface area (Å²) >= 11 is 0. The van der Waals surface area contributed by atoms with Crippen LogP contribution in [-0.2, 0) is 7.05 Å². The van der Waals surface area contributed by atoms with Crippen LogP contribution in [0.25, 0.3) is 10.9 Å². The van der Waals surface area contributed by atoms with Gasteiger partial charge in [-0.15, -0.1) is 0 Å². The van der Waals surface area contributed by atoms with Crippen LogP contribution in [0, 0.1) is 5.41 Å². The van der Waals surface area contributed by atoms with Crippen molar-refractivity contribution in [2.45, 2.75) is 32.3 Å². The van der Waals surface area contributed by atoms with Gasteiger partial charge in [-0.2, -0.15) is 0 Å². The first kappa shape index (κ1) is 18.7. The first-order chi connectivity index (χ1) is 12.5. The fourth-order valence-electron chi connectivity index (χ4n) is 4.12. The number of carbonyl (C=O) groups excluding carboxylic acids is 1. The number of amides is 1. The van der Waals surface area contributed by atoms with Gasteiger partial charge in [0.15, 0.2) is 0 Å². The number of rotatable bonds is 5. The van der Waals surface area contributed by atoms with Crippen molar-refractivity contribution in [3.8, 4) is 5.75 Å². The lowest BCUT2D eigenvalue weighted by Crippen LogP contribution is -2.55. The molecule has 2 heterocycles. The van der Waals surface area contributed by atoms with Gasteiger partial charge in [0.2, 0.25) is 0 Å². The molecule has 2 atom stereocenters. The molecule has 0 radical (unpaired) electrons. The van der Waals surface area contributed by atoms with Crippen molar-refractivity contribution in [1.82, 2.24) is 9.47 Å². The SMILES string of the molecule is CCC[C@@]1(CO)CN(C(=O)c2cc3cc(OC)ccc3n2C)CC[C@@H]1O. The second-order valence-electron chi connectivity index (χ2n) is 7.32. The Kier molecular flexibility index (Phi) is 5.25. The lowest BCUT2D eigenvalue weighted by Gasteiger charge is -2.45. The number of likely N-dealkylation sites (tertiary alicyclic amines) is 1. The summed E-state index contributed by atoms with van der Waals surface area (Å²) in [7, 11) is 3.50. The number of aliphatic hydroxyl groups is 2. The molecular weight excluding hydrogens is 332 g/mol. The van der Waals surface area contributed by atoms with Crippen LogP contribution < -0.4 is 4.74 Å². The van der Waals surface area contributed by atoms with Gasteiger partial charge in [0.1, 0.15) is 11.4 Å². The summed E-state index contributed by atoms with van der Waals surface area (Å²) in [4.78, 5) is 14.9. The molecule has 1 aromatic heterocycles. The number of benzene rings is 1. The summed E-state index contributed by atoms with van der Waals surface area (Å²) in [6.45, 7) is 2.79. The predicted molar refractivity (Wildman–Crippen MR) is 100 cm³/mol. The van der Waals surface area contributed by atoms with Crippen molar-refractivity contribution in [1.29, 1.82) is 0 Å². The zero-order chi connectivity index (χ0) is 18.9. The number of carbonyl (C=O) groups is 1. The standard InChI is InChI=1S/C20H28N2O4/c1-4-8-20(13-23)12-22(9-7-18(20)24)19(25)17-11-14-10-15(26-3)5-6-16(14)21(17)2/h5-6,10-11,18,23-24H,4,7-9,12-13H2,1-3H3/t18-,20-/m0/s1. The molecule has 6 nitrogen and oxygen atoms in total. The van der Waals surface area contributed by atoms with Crippen molar-refractivity contribution in [2.75, 3.05) is 26.8 Å². The lowest BCUT2D eigenvalue weighted by atomic mass is 9.74. The summed E-state index contributed by atoms with van der Waals surface area (Å²) in [5.41, 5.74) is 0.942. The summed E-state index contributed by atoms with van der Waals surface area (Å²) in [6, 6.07) is 7.62. The number of methoxy groups -OCH3 is 1. The number of hydrogen-bond donors (Lipinski definition) is 2. The molecule has 6 heteroatoms. The minimum absolute atomic E-state index is 0.0662. The average molecular weight is 360 g/mol. The first-order valence-corrected chi connectivity index (χ1v) is 9.17. The highest BCUT2D eigenvalue weighted by Crippen LogP contribution is 2.35. The van der Waals surface area contributed by atoms with E-state index in [4.69, 9.17) is 4.74 Å².